The van der Waals surface area contributed by atoms with E-state index >= 15 is 0 Å². The third-order valence-corrected chi connectivity index (χ3v) is 13.5. The van der Waals surface area contributed by atoms with Crippen LogP contribution in [0.3, 0.4) is 0 Å². The van der Waals surface area contributed by atoms with Crippen LogP contribution in [-0.2, 0) is 0 Å². The maximum absolute atomic E-state index is 6.58. The summed E-state index contributed by atoms with van der Waals surface area (Å²) < 4.78 is 0. The van der Waals surface area contributed by atoms with E-state index < -0.39 is 0 Å². The van der Waals surface area contributed by atoms with Gasteiger partial charge < -0.3 is 5.73 Å². The normalized spacial score (nSPS) is 38.2. The molecule has 1 heteroatoms. The number of nitrogens with two attached hydrogens (primary N) is 1. The summed E-state index contributed by atoms with van der Waals surface area (Å²) in [5.74, 6) is 8.24. The Morgan fingerprint density at radius 3 is 1.93 bits per heavy atom. The van der Waals surface area contributed by atoms with Crippen molar-refractivity contribution in [2.75, 3.05) is 0 Å². The van der Waals surface area contributed by atoms with Crippen molar-refractivity contribution >= 4 is 0 Å². The summed E-state index contributed by atoms with van der Waals surface area (Å²) in [4.78, 5) is 0. The molecule has 2 fully saturated rings. The lowest BCUT2D eigenvalue weighted by Gasteiger charge is -2.53. The minimum absolute atomic E-state index is 0.431. The van der Waals surface area contributed by atoms with Crippen LogP contribution in [0.4, 0.5) is 0 Å². The van der Waals surface area contributed by atoms with Gasteiger partial charge in [0.15, 0.2) is 0 Å². The second-order valence-electron chi connectivity index (χ2n) is 15.6. The molecular formula is C40H71N. The van der Waals surface area contributed by atoms with Gasteiger partial charge in [0.2, 0.25) is 0 Å². The van der Waals surface area contributed by atoms with Crippen molar-refractivity contribution in [3.05, 3.63) is 33.9 Å². The minimum atomic E-state index is 0.431. The highest BCUT2D eigenvalue weighted by Gasteiger charge is 2.47. The van der Waals surface area contributed by atoms with Crippen molar-refractivity contribution < 1.29 is 0 Å². The minimum Gasteiger partial charge on any atom is -0.327 e. The second-order valence-corrected chi connectivity index (χ2v) is 15.6. The Kier molecular flexibility index (Phi) is 12.9. The molecule has 12 atom stereocenters. The van der Waals surface area contributed by atoms with Crippen molar-refractivity contribution in [2.45, 2.75) is 153 Å². The molecule has 0 amide bonds. The lowest BCUT2D eigenvalue weighted by Crippen LogP contribution is -2.54. The number of rotatable bonds is 12. The Labute approximate surface area is 257 Å². The van der Waals surface area contributed by atoms with Crippen molar-refractivity contribution in [3.8, 4) is 0 Å². The first-order valence-corrected chi connectivity index (χ1v) is 18.2. The van der Waals surface area contributed by atoms with E-state index in [9.17, 15) is 0 Å². The summed E-state index contributed by atoms with van der Waals surface area (Å²) >= 11 is 0. The molecule has 0 aromatic heterocycles. The third kappa shape index (κ3) is 7.46. The fourth-order valence-electron chi connectivity index (χ4n) is 9.74. The van der Waals surface area contributed by atoms with Gasteiger partial charge >= 0.3 is 0 Å². The van der Waals surface area contributed by atoms with E-state index in [0.717, 1.165) is 35.5 Å². The molecule has 0 heterocycles. The highest BCUT2D eigenvalue weighted by atomic mass is 14.7. The molecule has 3 rings (SSSR count). The van der Waals surface area contributed by atoms with Crippen molar-refractivity contribution in [3.63, 3.8) is 0 Å². The quantitative estimate of drug-likeness (QED) is 0.234. The first-order valence-electron chi connectivity index (χ1n) is 18.2. The summed E-state index contributed by atoms with van der Waals surface area (Å²) in [6.07, 6.45) is 15.6. The van der Waals surface area contributed by atoms with Gasteiger partial charge in [-0.15, -0.1) is 0 Å². The zero-order valence-corrected chi connectivity index (χ0v) is 29.7. The topological polar surface area (TPSA) is 26.0 Å². The lowest BCUT2D eigenvalue weighted by molar-refractivity contribution is -0.0237. The zero-order chi connectivity index (χ0) is 30.6. The number of allylic oxidation sites excluding steroid dienone is 6. The SMILES string of the molecule is CCCC(C)C1=CCC(C)C(CC2C(C)C(C)C2CCC2C(C)C(C)C2N)=C(CC)CC(C(C)CCC)=C(C)C1C. The molecule has 3 aliphatic carbocycles. The van der Waals surface area contributed by atoms with E-state index in [2.05, 4.69) is 89.2 Å². The van der Waals surface area contributed by atoms with Crippen LogP contribution in [0.25, 0.3) is 0 Å². The average molecular weight is 566 g/mol. The second kappa shape index (κ2) is 15.3. The Balaban J connectivity index is 1.95. The summed E-state index contributed by atoms with van der Waals surface area (Å²) in [6, 6.07) is 0.431. The van der Waals surface area contributed by atoms with Gasteiger partial charge in [-0.3, -0.25) is 0 Å². The van der Waals surface area contributed by atoms with E-state index in [1.807, 2.05) is 5.57 Å². The van der Waals surface area contributed by atoms with E-state index in [1.54, 1.807) is 22.3 Å². The monoisotopic (exact) mass is 566 g/mol. The van der Waals surface area contributed by atoms with E-state index in [0.29, 0.717) is 35.6 Å². The van der Waals surface area contributed by atoms with Crippen molar-refractivity contribution in [2.24, 2.45) is 70.8 Å². The van der Waals surface area contributed by atoms with Crippen LogP contribution in [-0.4, -0.2) is 6.04 Å². The molecule has 41 heavy (non-hydrogen) atoms. The predicted octanol–water partition coefficient (Wildman–Crippen LogP) is 11.8. The molecule has 0 radical (unpaired) electrons. The van der Waals surface area contributed by atoms with Crippen LogP contribution in [0.15, 0.2) is 33.9 Å². The van der Waals surface area contributed by atoms with Gasteiger partial charge in [-0.1, -0.05) is 123 Å². The molecule has 0 aromatic rings. The maximum atomic E-state index is 6.58. The highest BCUT2D eigenvalue weighted by molar-refractivity contribution is 5.34. The molecule has 236 valence electrons. The summed E-state index contributed by atoms with van der Waals surface area (Å²) in [5, 5.41) is 0. The standard InChI is InChI=1S/C40H71N/c1-13-16-24(4)34-19-18-26(6)38(33(15-3)22-37(25(5)17-14-2)29(9)27(34)7)23-39-30(10)28(8)35(39)20-21-36-31(11)32(12)40(36)41/h19,24-28,30-32,35-36,39-40H,13-18,20-23,41H2,1-12H3. The molecule has 12 unspecified atom stereocenters. The van der Waals surface area contributed by atoms with Crippen LogP contribution in [0, 0.1) is 65.1 Å². The van der Waals surface area contributed by atoms with Gasteiger partial charge in [0.05, 0.1) is 0 Å². The van der Waals surface area contributed by atoms with E-state index in [4.69, 9.17) is 5.73 Å². The Morgan fingerprint density at radius 1 is 0.780 bits per heavy atom. The lowest BCUT2D eigenvalue weighted by atomic mass is 9.53. The molecule has 2 N–H and O–H groups in total. The van der Waals surface area contributed by atoms with Gasteiger partial charge in [0.25, 0.3) is 0 Å². The molecule has 3 aliphatic rings. The van der Waals surface area contributed by atoms with Crippen molar-refractivity contribution in [1.82, 2.24) is 0 Å². The van der Waals surface area contributed by atoms with Crippen LogP contribution in [0.1, 0.15) is 147 Å². The largest absolute Gasteiger partial charge is 0.327 e. The van der Waals surface area contributed by atoms with Crippen LogP contribution in [0.2, 0.25) is 0 Å². The summed E-state index contributed by atoms with van der Waals surface area (Å²) in [7, 11) is 0. The van der Waals surface area contributed by atoms with Gasteiger partial charge in [-0.25, -0.2) is 0 Å². The summed E-state index contributed by atoms with van der Waals surface area (Å²) in [6.45, 7) is 29.7. The molecule has 1 nitrogen and oxygen atoms in total. The van der Waals surface area contributed by atoms with Crippen LogP contribution in [0.5, 0.6) is 0 Å². The number of hydrogen-bond acceptors (Lipinski definition) is 1. The van der Waals surface area contributed by atoms with Gasteiger partial charge in [0, 0.05) is 6.04 Å². The molecule has 0 aliphatic heterocycles. The smallest absolute Gasteiger partial charge is 0.00983 e. The van der Waals surface area contributed by atoms with E-state index in [-0.39, 0.29) is 0 Å². The highest BCUT2D eigenvalue weighted by Crippen LogP contribution is 2.54. The fourth-order valence-corrected chi connectivity index (χ4v) is 9.74. The van der Waals surface area contributed by atoms with Crippen LogP contribution < -0.4 is 5.73 Å². The molecule has 0 aromatic carbocycles. The van der Waals surface area contributed by atoms with Crippen LogP contribution >= 0.6 is 0 Å². The summed E-state index contributed by atoms with van der Waals surface area (Å²) in [5.41, 5.74) is 15.4. The zero-order valence-electron chi connectivity index (χ0n) is 29.7. The molecule has 0 spiro atoms. The Bertz CT molecular complexity index is 924. The first kappa shape index (κ1) is 34.7. The Morgan fingerprint density at radius 2 is 1.34 bits per heavy atom. The third-order valence-electron chi connectivity index (χ3n) is 13.5. The predicted molar refractivity (Wildman–Crippen MR) is 183 cm³/mol. The molecular weight excluding hydrogens is 494 g/mol. The molecule has 0 bridgehead atoms. The van der Waals surface area contributed by atoms with Gasteiger partial charge in [0.1, 0.15) is 0 Å². The molecule has 0 saturated heterocycles. The fraction of sp³-hybridized carbons (Fsp3) is 0.850. The number of hydrogen-bond donors (Lipinski definition) is 1. The first-order chi connectivity index (χ1) is 19.4. The van der Waals surface area contributed by atoms with Gasteiger partial charge in [-0.05, 0) is 123 Å². The van der Waals surface area contributed by atoms with E-state index in [1.165, 1.54) is 64.2 Å². The average Bonchev–Trinajstić information content (AvgIpc) is 2.96. The maximum Gasteiger partial charge on any atom is 0.00983 e. The van der Waals surface area contributed by atoms with Gasteiger partial charge in [-0.2, -0.15) is 0 Å². The van der Waals surface area contributed by atoms with Crippen molar-refractivity contribution in [1.29, 1.82) is 0 Å². The molecule has 2 saturated carbocycles. The Hall–Kier alpha value is -0.820.